The molecule has 0 aliphatic carbocycles. The first-order valence-corrected chi connectivity index (χ1v) is 6.17. The van der Waals surface area contributed by atoms with Gasteiger partial charge in [0.2, 0.25) is 11.8 Å². The lowest BCUT2D eigenvalue weighted by atomic mass is 9.81. The Kier molecular flexibility index (Phi) is 9.33. The largest absolute Gasteiger partial charge is 0.359 e. The van der Waals surface area contributed by atoms with Crippen molar-refractivity contribution in [3.63, 3.8) is 0 Å². The molecule has 4 heteroatoms. The third-order valence-corrected chi connectivity index (χ3v) is 2.34. The molecule has 0 radical (unpaired) electrons. The highest BCUT2D eigenvalue weighted by Gasteiger charge is 2.45. The number of carbonyl (C=O) groups excluding carboxylic acids is 2. The van der Waals surface area contributed by atoms with Gasteiger partial charge in [0.15, 0.2) is 0 Å². The quantitative estimate of drug-likeness (QED) is 0.751. The summed E-state index contributed by atoms with van der Waals surface area (Å²) in [6.07, 6.45) is 1.27. The van der Waals surface area contributed by atoms with Crippen LogP contribution in [0, 0.1) is 5.41 Å². The molecule has 0 unspecified atom stereocenters. The summed E-state index contributed by atoms with van der Waals surface area (Å²) in [5.74, 6) is -0.123. The third kappa shape index (κ3) is 4.59. The van der Waals surface area contributed by atoms with Crippen LogP contribution in [0.4, 0.5) is 0 Å². The molecule has 1 N–H and O–H groups in total. The lowest BCUT2D eigenvalue weighted by Crippen LogP contribution is -2.62. The minimum Gasteiger partial charge on any atom is -0.359 e. The second-order valence-corrected chi connectivity index (χ2v) is 3.54. The Morgan fingerprint density at radius 3 is 1.94 bits per heavy atom. The molecular formula is C13H26N2O2. The van der Waals surface area contributed by atoms with Gasteiger partial charge in [0.1, 0.15) is 0 Å². The lowest BCUT2D eigenvalue weighted by molar-refractivity contribution is -0.148. The van der Waals surface area contributed by atoms with Crippen LogP contribution in [-0.2, 0) is 9.59 Å². The van der Waals surface area contributed by atoms with Crippen LogP contribution in [0.25, 0.3) is 0 Å². The first kappa shape index (κ1) is 18.1. The summed E-state index contributed by atoms with van der Waals surface area (Å²) in [6.45, 7) is 14.2. The summed E-state index contributed by atoms with van der Waals surface area (Å²) in [5, 5.41) is 2.58. The van der Waals surface area contributed by atoms with Crippen molar-refractivity contribution in [1.82, 2.24) is 10.2 Å². The van der Waals surface area contributed by atoms with Gasteiger partial charge < -0.3 is 10.2 Å². The molecule has 1 fully saturated rings. The van der Waals surface area contributed by atoms with Gasteiger partial charge in [-0.2, -0.15) is 0 Å². The van der Waals surface area contributed by atoms with E-state index in [4.69, 9.17) is 0 Å². The molecule has 0 aromatic heterocycles. The normalized spacial score (nSPS) is 15.1. The van der Waals surface area contributed by atoms with Crippen molar-refractivity contribution in [3.05, 3.63) is 12.7 Å². The van der Waals surface area contributed by atoms with E-state index in [9.17, 15) is 9.59 Å². The predicted molar refractivity (Wildman–Crippen MR) is 71.6 cm³/mol. The fourth-order valence-corrected chi connectivity index (χ4v) is 1.53. The number of rotatable bonds is 2. The van der Waals surface area contributed by atoms with Gasteiger partial charge in [-0.25, -0.2) is 0 Å². The van der Waals surface area contributed by atoms with Crippen LogP contribution in [0.3, 0.4) is 0 Å². The molecule has 0 aromatic rings. The van der Waals surface area contributed by atoms with Crippen molar-refractivity contribution in [3.8, 4) is 0 Å². The van der Waals surface area contributed by atoms with Gasteiger partial charge in [-0.15, -0.1) is 0 Å². The number of carbonyl (C=O) groups is 2. The maximum absolute atomic E-state index is 11.3. The SMILES string of the molecule is C=CC(=O)N1CC(C)(C(=O)NC)C1.CC.CC. The molecule has 0 bridgehead atoms. The molecule has 0 aromatic carbocycles. The molecule has 1 rings (SSSR count). The van der Waals surface area contributed by atoms with Crippen molar-refractivity contribution in [2.75, 3.05) is 20.1 Å². The molecule has 1 heterocycles. The summed E-state index contributed by atoms with van der Waals surface area (Å²) in [4.78, 5) is 24.0. The summed E-state index contributed by atoms with van der Waals surface area (Å²) in [7, 11) is 1.60. The van der Waals surface area contributed by atoms with Gasteiger partial charge in [-0.05, 0) is 13.0 Å². The maximum Gasteiger partial charge on any atom is 0.246 e. The van der Waals surface area contributed by atoms with Gasteiger partial charge in [-0.3, -0.25) is 9.59 Å². The zero-order valence-electron chi connectivity index (χ0n) is 12.0. The lowest BCUT2D eigenvalue weighted by Gasteiger charge is -2.45. The van der Waals surface area contributed by atoms with E-state index in [1.54, 1.807) is 11.9 Å². The van der Waals surface area contributed by atoms with Gasteiger partial charge in [0.05, 0.1) is 5.41 Å². The first-order valence-electron chi connectivity index (χ1n) is 6.17. The number of hydrogen-bond acceptors (Lipinski definition) is 2. The van der Waals surface area contributed by atoms with Crippen LogP contribution in [0.15, 0.2) is 12.7 Å². The van der Waals surface area contributed by atoms with Crippen molar-refractivity contribution in [2.24, 2.45) is 5.41 Å². The van der Waals surface area contributed by atoms with E-state index in [2.05, 4.69) is 11.9 Å². The van der Waals surface area contributed by atoms with E-state index in [0.717, 1.165) is 0 Å². The van der Waals surface area contributed by atoms with Gasteiger partial charge in [0, 0.05) is 20.1 Å². The Hall–Kier alpha value is -1.32. The number of nitrogens with one attached hydrogen (secondary N) is 1. The minimum absolute atomic E-state index is 0.0133. The number of nitrogens with zero attached hydrogens (tertiary/aromatic N) is 1. The maximum atomic E-state index is 11.3. The Morgan fingerprint density at radius 2 is 1.65 bits per heavy atom. The Morgan fingerprint density at radius 1 is 1.24 bits per heavy atom. The average Bonchev–Trinajstić information content (AvgIpc) is 2.37. The van der Waals surface area contributed by atoms with Crippen LogP contribution < -0.4 is 5.32 Å². The van der Waals surface area contributed by atoms with Crippen LogP contribution in [0.2, 0.25) is 0 Å². The molecule has 4 nitrogen and oxygen atoms in total. The number of amides is 2. The van der Waals surface area contributed by atoms with Gasteiger partial charge in [-0.1, -0.05) is 34.3 Å². The van der Waals surface area contributed by atoms with E-state index in [-0.39, 0.29) is 11.8 Å². The number of likely N-dealkylation sites (tertiary alicyclic amines) is 1. The van der Waals surface area contributed by atoms with Crippen LogP contribution in [-0.4, -0.2) is 36.9 Å². The topological polar surface area (TPSA) is 49.4 Å². The van der Waals surface area contributed by atoms with Crippen molar-refractivity contribution >= 4 is 11.8 Å². The third-order valence-electron chi connectivity index (χ3n) is 2.34. The van der Waals surface area contributed by atoms with Crippen molar-refractivity contribution in [1.29, 1.82) is 0 Å². The van der Waals surface area contributed by atoms with E-state index >= 15 is 0 Å². The van der Waals surface area contributed by atoms with E-state index in [1.165, 1.54) is 6.08 Å². The fraction of sp³-hybridized carbons (Fsp3) is 0.692. The van der Waals surface area contributed by atoms with Crippen molar-refractivity contribution < 1.29 is 9.59 Å². The zero-order valence-corrected chi connectivity index (χ0v) is 12.0. The highest BCUT2D eigenvalue weighted by Crippen LogP contribution is 2.29. The zero-order chi connectivity index (χ0) is 14.1. The summed E-state index contributed by atoms with van der Waals surface area (Å²) in [6, 6.07) is 0. The fourth-order valence-electron chi connectivity index (χ4n) is 1.53. The molecule has 1 aliphatic heterocycles. The molecule has 1 saturated heterocycles. The molecule has 17 heavy (non-hydrogen) atoms. The van der Waals surface area contributed by atoms with Gasteiger partial charge >= 0.3 is 0 Å². The Bertz CT molecular complexity index is 256. The van der Waals surface area contributed by atoms with E-state index in [1.807, 2.05) is 34.6 Å². The van der Waals surface area contributed by atoms with E-state index < -0.39 is 5.41 Å². The summed E-state index contributed by atoms with van der Waals surface area (Å²) < 4.78 is 0. The molecular weight excluding hydrogens is 216 g/mol. The smallest absolute Gasteiger partial charge is 0.246 e. The Balaban J connectivity index is 0. The average molecular weight is 242 g/mol. The first-order chi connectivity index (χ1) is 8.03. The van der Waals surface area contributed by atoms with Crippen molar-refractivity contribution in [2.45, 2.75) is 34.6 Å². The monoisotopic (exact) mass is 242 g/mol. The summed E-state index contributed by atoms with van der Waals surface area (Å²) >= 11 is 0. The standard InChI is InChI=1S/C9H14N2O2.2C2H6/c1-4-7(12)11-5-9(2,6-11)8(13)10-3;2*1-2/h4H,1,5-6H2,2-3H3,(H,10,13);2*1-2H3. The van der Waals surface area contributed by atoms with Crippen LogP contribution in [0.1, 0.15) is 34.6 Å². The highest BCUT2D eigenvalue weighted by atomic mass is 16.2. The van der Waals surface area contributed by atoms with Crippen LogP contribution in [0.5, 0.6) is 0 Å². The van der Waals surface area contributed by atoms with Crippen LogP contribution >= 0.6 is 0 Å². The number of hydrogen-bond donors (Lipinski definition) is 1. The second kappa shape index (κ2) is 8.79. The molecule has 0 spiro atoms. The van der Waals surface area contributed by atoms with Gasteiger partial charge in [0.25, 0.3) is 0 Å². The molecule has 0 atom stereocenters. The second-order valence-electron chi connectivity index (χ2n) is 3.54. The minimum atomic E-state index is -0.409. The Labute approximate surface area is 105 Å². The highest BCUT2D eigenvalue weighted by molar-refractivity contribution is 5.91. The molecule has 100 valence electrons. The molecule has 0 saturated carbocycles. The predicted octanol–water partition coefficient (Wildman–Crippen LogP) is 1.82. The van der Waals surface area contributed by atoms with E-state index in [0.29, 0.717) is 13.1 Å². The molecule has 1 aliphatic rings. The summed E-state index contributed by atoms with van der Waals surface area (Å²) in [5.41, 5.74) is -0.409. The molecule has 2 amide bonds.